The van der Waals surface area contributed by atoms with Crippen LogP contribution in [0.15, 0.2) is 54.7 Å². The van der Waals surface area contributed by atoms with E-state index in [1.807, 2.05) is 48.2 Å². The molecule has 7 heteroatoms. The fourth-order valence-corrected chi connectivity index (χ4v) is 3.65. The number of pyridine rings is 1. The van der Waals surface area contributed by atoms with Gasteiger partial charge in [-0.05, 0) is 36.2 Å². The zero-order valence-electron chi connectivity index (χ0n) is 17.5. The van der Waals surface area contributed by atoms with Crippen LogP contribution in [0.1, 0.15) is 24.6 Å². The number of methoxy groups -OCH3 is 1. The number of ether oxygens (including phenoxy) is 2. The molecule has 0 atom stereocenters. The Kier molecular flexibility index (Phi) is 8.93. The van der Waals surface area contributed by atoms with E-state index >= 15 is 0 Å². The van der Waals surface area contributed by atoms with Gasteiger partial charge in [0.15, 0.2) is 5.82 Å². The highest BCUT2D eigenvalue weighted by Gasteiger charge is 2.08. The van der Waals surface area contributed by atoms with E-state index in [0.29, 0.717) is 19.0 Å². The van der Waals surface area contributed by atoms with E-state index in [9.17, 15) is 0 Å². The third-order valence-electron chi connectivity index (χ3n) is 4.25. The fraction of sp³-hybridized carbons (Fsp3) is 0.348. The van der Waals surface area contributed by atoms with Crippen LogP contribution in [0.2, 0.25) is 0 Å². The lowest BCUT2D eigenvalue weighted by Gasteiger charge is -2.10. The van der Waals surface area contributed by atoms with Gasteiger partial charge in [-0.2, -0.15) is 11.8 Å². The molecule has 2 heterocycles. The number of hydrogen-bond acceptors (Lipinski definition) is 7. The second-order valence-corrected chi connectivity index (χ2v) is 7.65. The minimum absolute atomic E-state index is 0.634. The molecule has 1 N–H and O–H groups in total. The molecule has 30 heavy (non-hydrogen) atoms. The molecular formula is C23H28N4O2S. The summed E-state index contributed by atoms with van der Waals surface area (Å²) in [5, 5.41) is 3.35. The molecule has 1 aromatic carbocycles. The predicted octanol–water partition coefficient (Wildman–Crippen LogP) is 4.82. The Balaban J connectivity index is 1.65. The van der Waals surface area contributed by atoms with Crippen molar-refractivity contribution >= 4 is 17.6 Å². The molecule has 0 fully saturated rings. The van der Waals surface area contributed by atoms with Crippen molar-refractivity contribution < 1.29 is 9.47 Å². The van der Waals surface area contributed by atoms with Gasteiger partial charge in [-0.25, -0.2) is 9.97 Å². The molecule has 0 spiro atoms. The van der Waals surface area contributed by atoms with Crippen molar-refractivity contribution in [2.24, 2.45) is 0 Å². The smallest absolute Gasteiger partial charge is 0.180 e. The number of benzene rings is 1. The summed E-state index contributed by atoms with van der Waals surface area (Å²) in [4.78, 5) is 13.8. The van der Waals surface area contributed by atoms with Crippen molar-refractivity contribution in [1.82, 2.24) is 15.0 Å². The summed E-state index contributed by atoms with van der Waals surface area (Å²) in [5.74, 6) is 4.00. The van der Waals surface area contributed by atoms with Gasteiger partial charge in [0.2, 0.25) is 0 Å². The Morgan fingerprint density at radius 1 is 1.00 bits per heavy atom. The number of rotatable bonds is 12. The lowest BCUT2D eigenvalue weighted by Crippen LogP contribution is -2.12. The van der Waals surface area contributed by atoms with Crippen molar-refractivity contribution in [2.45, 2.75) is 24.9 Å². The number of anilines is 1. The van der Waals surface area contributed by atoms with Gasteiger partial charge in [0.1, 0.15) is 17.3 Å². The number of thioether (sulfide) groups is 1. The second-order valence-electron chi connectivity index (χ2n) is 6.66. The quantitative estimate of drug-likeness (QED) is 0.418. The van der Waals surface area contributed by atoms with Crippen molar-refractivity contribution in [1.29, 1.82) is 0 Å². The monoisotopic (exact) mass is 424 g/mol. The molecule has 0 unspecified atom stereocenters. The van der Waals surface area contributed by atoms with E-state index in [2.05, 4.69) is 34.3 Å². The summed E-state index contributed by atoms with van der Waals surface area (Å²) >= 11 is 1.82. The molecule has 2 aromatic heterocycles. The molecule has 6 nitrogen and oxygen atoms in total. The zero-order chi connectivity index (χ0) is 21.0. The van der Waals surface area contributed by atoms with E-state index in [1.54, 1.807) is 13.3 Å². The van der Waals surface area contributed by atoms with Crippen LogP contribution >= 0.6 is 11.8 Å². The minimum Gasteiger partial charge on any atom is -0.497 e. The normalized spacial score (nSPS) is 10.7. The molecule has 0 amide bonds. The van der Waals surface area contributed by atoms with Gasteiger partial charge in [-0.15, -0.1) is 0 Å². The molecule has 3 rings (SSSR count). The van der Waals surface area contributed by atoms with Crippen LogP contribution in [0, 0.1) is 0 Å². The van der Waals surface area contributed by atoms with Gasteiger partial charge >= 0.3 is 0 Å². The van der Waals surface area contributed by atoms with Crippen molar-refractivity contribution in [3.8, 4) is 17.3 Å². The molecular weight excluding hydrogens is 396 g/mol. The highest BCUT2D eigenvalue weighted by molar-refractivity contribution is 7.97. The lowest BCUT2D eigenvalue weighted by atomic mass is 10.2. The second kappa shape index (κ2) is 12.1. The third-order valence-corrected chi connectivity index (χ3v) is 5.29. The van der Waals surface area contributed by atoms with Crippen molar-refractivity contribution in [2.75, 3.05) is 32.2 Å². The maximum absolute atomic E-state index is 5.55. The first-order valence-electron chi connectivity index (χ1n) is 10.1. The van der Waals surface area contributed by atoms with Crippen molar-refractivity contribution in [3.63, 3.8) is 0 Å². The molecule has 0 aliphatic heterocycles. The molecule has 0 saturated heterocycles. The molecule has 0 aliphatic carbocycles. The largest absolute Gasteiger partial charge is 0.497 e. The lowest BCUT2D eigenvalue weighted by molar-refractivity contribution is 0.144. The van der Waals surface area contributed by atoms with E-state index in [4.69, 9.17) is 14.5 Å². The first kappa shape index (κ1) is 22.1. The van der Waals surface area contributed by atoms with E-state index in [1.165, 1.54) is 5.56 Å². The third kappa shape index (κ3) is 7.00. The molecule has 0 aliphatic rings. The Morgan fingerprint density at radius 2 is 1.87 bits per heavy atom. The molecule has 0 bridgehead atoms. The maximum Gasteiger partial charge on any atom is 0.180 e. The predicted molar refractivity (Wildman–Crippen MR) is 123 cm³/mol. The number of nitrogens with one attached hydrogen (secondary N) is 1. The van der Waals surface area contributed by atoms with Crippen LogP contribution < -0.4 is 10.1 Å². The van der Waals surface area contributed by atoms with Crippen LogP contribution in [0.4, 0.5) is 5.82 Å². The fourth-order valence-electron chi connectivity index (χ4n) is 2.76. The standard InChI is InChI=1S/C23H28N4O2S/c1-3-13-29-14-12-25-22-15-19(26-23(27-22)21-6-4-5-11-24-21)17-30-16-18-7-9-20(28-2)10-8-18/h4-11,15H,3,12-14,16-17H2,1-2H3,(H,25,26,27). The van der Waals surface area contributed by atoms with Gasteiger partial charge in [-0.3, -0.25) is 4.98 Å². The van der Waals surface area contributed by atoms with Gasteiger partial charge < -0.3 is 14.8 Å². The van der Waals surface area contributed by atoms with E-state index < -0.39 is 0 Å². The van der Waals surface area contributed by atoms with Gasteiger partial charge in [0.25, 0.3) is 0 Å². The topological polar surface area (TPSA) is 69.2 Å². The zero-order valence-corrected chi connectivity index (χ0v) is 18.3. The highest BCUT2D eigenvalue weighted by Crippen LogP contribution is 2.22. The van der Waals surface area contributed by atoms with Gasteiger partial charge in [0, 0.05) is 36.9 Å². The van der Waals surface area contributed by atoms with Crippen molar-refractivity contribution in [3.05, 3.63) is 66.0 Å². The Hall–Kier alpha value is -2.64. The van der Waals surface area contributed by atoms with Crippen LogP contribution in [-0.2, 0) is 16.2 Å². The Bertz CT molecular complexity index is 891. The van der Waals surface area contributed by atoms with Crippen LogP contribution in [0.5, 0.6) is 5.75 Å². The van der Waals surface area contributed by atoms with Gasteiger partial charge in [-0.1, -0.05) is 25.1 Å². The summed E-state index contributed by atoms with van der Waals surface area (Å²) in [5.41, 5.74) is 3.00. The Morgan fingerprint density at radius 3 is 2.60 bits per heavy atom. The van der Waals surface area contributed by atoms with Crippen LogP contribution in [0.3, 0.4) is 0 Å². The molecule has 158 valence electrons. The summed E-state index contributed by atoms with van der Waals surface area (Å²) in [6.45, 7) is 4.24. The number of hydrogen-bond donors (Lipinski definition) is 1. The SMILES string of the molecule is CCCOCCNc1cc(CSCc2ccc(OC)cc2)nc(-c2ccccn2)n1. The highest BCUT2D eigenvalue weighted by atomic mass is 32.2. The van der Waals surface area contributed by atoms with Crippen LogP contribution in [0.25, 0.3) is 11.5 Å². The Labute approximate surface area is 182 Å². The van der Waals surface area contributed by atoms with Gasteiger partial charge in [0.05, 0.1) is 19.4 Å². The first-order valence-corrected chi connectivity index (χ1v) is 11.3. The van der Waals surface area contributed by atoms with E-state index in [0.717, 1.165) is 47.5 Å². The average Bonchev–Trinajstić information content (AvgIpc) is 2.80. The van der Waals surface area contributed by atoms with E-state index in [-0.39, 0.29) is 0 Å². The number of nitrogens with zero attached hydrogens (tertiary/aromatic N) is 3. The minimum atomic E-state index is 0.634. The molecule has 0 saturated carbocycles. The number of aromatic nitrogens is 3. The summed E-state index contributed by atoms with van der Waals surface area (Å²) in [7, 11) is 1.68. The average molecular weight is 425 g/mol. The summed E-state index contributed by atoms with van der Waals surface area (Å²) in [6, 6.07) is 15.9. The van der Waals surface area contributed by atoms with Crippen LogP contribution in [-0.4, -0.2) is 41.8 Å². The summed E-state index contributed by atoms with van der Waals surface area (Å²) < 4.78 is 10.8. The molecule has 3 aromatic rings. The first-order chi connectivity index (χ1) is 14.8. The summed E-state index contributed by atoms with van der Waals surface area (Å²) in [6.07, 6.45) is 2.78. The molecule has 0 radical (unpaired) electrons. The maximum atomic E-state index is 5.55.